The van der Waals surface area contributed by atoms with Crippen molar-refractivity contribution < 1.29 is 8.42 Å². The molecule has 3 nitrogen and oxygen atoms in total. The lowest BCUT2D eigenvalue weighted by molar-refractivity contribution is 0.587. The second-order valence-corrected chi connectivity index (χ2v) is 7.22. The van der Waals surface area contributed by atoms with E-state index in [1.54, 1.807) is 6.07 Å². The highest BCUT2D eigenvalue weighted by molar-refractivity contribution is 9.10. The molecule has 0 saturated carbocycles. The Balaban J connectivity index is 2.24. The van der Waals surface area contributed by atoms with E-state index >= 15 is 0 Å². The molecule has 0 unspecified atom stereocenters. The van der Waals surface area contributed by atoms with Crippen molar-refractivity contribution in [2.24, 2.45) is 0 Å². The molecule has 0 radical (unpaired) electrons. The van der Waals surface area contributed by atoms with Gasteiger partial charge in [0.25, 0.3) is 0 Å². The Morgan fingerprint density at radius 3 is 2.50 bits per heavy atom. The van der Waals surface area contributed by atoms with Gasteiger partial charge in [0.05, 0.1) is 26.7 Å². The monoisotopic (exact) mass is 323 g/mol. The van der Waals surface area contributed by atoms with E-state index in [-0.39, 0.29) is 11.5 Å². The fourth-order valence-electron chi connectivity index (χ4n) is 1.69. The van der Waals surface area contributed by atoms with Crippen LogP contribution in [0.4, 0.5) is 5.69 Å². The van der Waals surface area contributed by atoms with Gasteiger partial charge in [0.1, 0.15) is 0 Å². The molecule has 2 rings (SSSR count). The van der Waals surface area contributed by atoms with Crippen LogP contribution < -0.4 is 4.90 Å². The van der Waals surface area contributed by atoms with E-state index in [2.05, 4.69) is 15.9 Å². The first-order valence-corrected chi connectivity index (χ1v) is 7.88. The molecule has 1 saturated heterocycles. The van der Waals surface area contributed by atoms with Gasteiger partial charge < -0.3 is 4.90 Å². The first-order chi connectivity index (χ1) is 7.49. The van der Waals surface area contributed by atoms with Crippen molar-refractivity contribution in [1.29, 1.82) is 0 Å². The molecule has 0 N–H and O–H groups in total. The molecule has 88 valence electrons. The number of benzene rings is 1. The highest BCUT2D eigenvalue weighted by Crippen LogP contribution is 2.33. The van der Waals surface area contributed by atoms with Crippen molar-refractivity contribution in [1.82, 2.24) is 0 Å². The van der Waals surface area contributed by atoms with Gasteiger partial charge in [-0.15, -0.1) is 0 Å². The van der Waals surface area contributed by atoms with Crippen molar-refractivity contribution in [3.8, 4) is 0 Å². The van der Waals surface area contributed by atoms with E-state index in [0.29, 0.717) is 18.1 Å². The fraction of sp³-hybridized carbons (Fsp3) is 0.400. The number of hydrogen-bond donors (Lipinski definition) is 0. The van der Waals surface area contributed by atoms with Gasteiger partial charge in [-0.25, -0.2) is 8.42 Å². The number of halogens is 2. The molecule has 0 spiro atoms. The minimum Gasteiger partial charge on any atom is -0.369 e. The smallest absolute Gasteiger partial charge is 0.153 e. The van der Waals surface area contributed by atoms with Crippen molar-refractivity contribution in [2.45, 2.75) is 0 Å². The Bertz CT molecular complexity index is 490. The lowest BCUT2D eigenvalue weighted by atomic mass is 10.3. The summed E-state index contributed by atoms with van der Waals surface area (Å²) >= 11 is 9.42. The van der Waals surface area contributed by atoms with Crippen LogP contribution in [0.5, 0.6) is 0 Å². The number of sulfone groups is 1. The van der Waals surface area contributed by atoms with E-state index in [4.69, 9.17) is 11.6 Å². The van der Waals surface area contributed by atoms with Crippen LogP contribution in [0.3, 0.4) is 0 Å². The molecule has 0 atom stereocenters. The van der Waals surface area contributed by atoms with Crippen LogP contribution in [0.1, 0.15) is 0 Å². The summed E-state index contributed by atoms with van der Waals surface area (Å²) in [6, 6.07) is 5.61. The zero-order valence-electron chi connectivity index (χ0n) is 8.49. The summed E-state index contributed by atoms with van der Waals surface area (Å²) in [4.78, 5) is 2.04. The van der Waals surface area contributed by atoms with Crippen LogP contribution >= 0.6 is 27.5 Å². The summed E-state index contributed by atoms with van der Waals surface area (Å²) in [5, 5.41) is 0.644. The maximum atomic E-state index is 11.3. The highest BCUT2D eigenvalue weighted by atomic mass is 79.9. The third-order valence-corrected chi connectivity index (χ3v) is 5.60. The quantitative estimate of drug-likeness (QED) is 0.796. The lowest BCUT2D eigenvalue weighted by Crippen LogP contribution is -2.40. The summed E-state index contributed by atoms with van der Waals surface area (Å²) in [5.41, 5.74) is 0.961. The lowest BCUT2D eigenvalue weighted by Gasteiger charge is -2.29. The molecule has 1 heterocycles. The maximum Gasteiger partial charge on any atom is 0.153 e. The molecular formula is C10H11BrClNO2S. The molecule has 1 fully saturated rings. The zero-order valence-corrected chi connectivity index (χ0v) is 11.6. The van der Waals surface area contributed by atoms with Crippen LogP contribution in [-0.2, 0) is 9.84 Å². The average molecular weight is 325 g/mol. The minimum absolute atomic E-state index is 0.214. The normalized spacial score (nSPS) is 19.8. The first-order valence-electron chi connectivity index (χ1n) is 4.89. The predicted molar refractivity (Wildman–Crippen MR) is 70.0 cm³/mol. The van der Waals surface area contributed by atoms with E-state index in [1.807, 2.05) is 17.0 Å². The molecule has 1 aromatic carbocycles. The van der Waals surface area contributed by atoms with Gasteiger partial charge in [-0.1, -0.05) is 17.7 Å². The molecule has 0 aliphatic carbocycles. The SMILES string of the molecule is O=S1(=O)CCN(c2cccc(Cl)c2Br)CC1. The molecule has 16 heavy (non-hydrogen) atoms. The maximum absolute atomic E-state index is 11.3. The first kappa shape index (κ1) is 12.2. The number of anilines is 1. The molecule has 6 heteroatoms. The van der Waals surface area contributed by atoms with Gasteiger partial charge in [-0.2, -0.15) is 0 Å². The van der Waals surface area contributed by atoms with Gasteiger partial charge in [0, 0.05) is 13.1 Å². The predicted octanol–water partition coefficient (Wildman–Crippen LogP) is 2.34. The molecule has 1 aliphatic rings. The van der Waals surface area contributed by atoms with Gasteiger partial charge in [-0.05, 0) is 28.1 Å². The number of rotatable bonds is 1. The van der Waals surface area contributed by atoms with E-state index in [1.165, 1.54) is 0 Å². The fourth-order valence-corrected chi connectivity index (χ4v) is 3.58. The standard InChI is InChI=1S/C10H11BrClNO2S/c11-10-8(12)2-1-3-9(10)13-4-6-16(14,15)7-5-13/h1-3H,4-7H2. The Labute approximate surface area is 108 Å². The summed E-state index contributed by atoms with van der Waals surface area (Å²) in [7, 11) is -2.84. The molecule has 1 aliphatic heterocycles. The summed E-state index contributed by atoms with van der Waals surface area (Å²) in [6.45, 7) is 1.06. The van der Waals surface area contributed by atoms with Crippen LogP contribution in [0.25, 0.3) is 0 Å². The summed E-state index contributed by atoms with van der Waals surface area (Å²) in [6.07, 6.45) is 0. The van der Waals surface area contributed by atoms with Crippen molar-refractivity contribution in [3.05, 3.63) is 27.7 Å². The van der Waals surface area contributed by atoms with Crippen LogP contribution in [0.15, 0.2) is 22.7 Å². The zero-order chi connectivity index (χ0) is 11.8. The van der Waals surface area contributed by atoms with Crippen LogP contribution in [0.2, 0.25) is 5.02 Å². The van der Waals surface area contributed by atoms with Gasteiger partial charge in [0.2, 0.25) is 0 Å². The summed E-state index contributed by atoms with van der Waals surface area (Å²) < 4.78 is 23.5. The molecule has 0 bridgehead atoms. The second-order valence-electron chi connectivity index (χ2n) is 3.71. The number of nitrogens with zero attached hydrogens (tertiary/aromatic N) is 1. The summed E-state index contributed by atoms with van der Waals surface area (Å²) in [5.74, 6) is 0.428. The Morgan fingerprint density at radius 2 is 1.88 bits per heavy atom. The molecular weight excluding hydrogens is 314 g/mol. The van der Waals surface area contributed by atoms with Crippen molar-refractivity contribution in [3.63, 3.8) is 0 Å². The van der Waals surface area contributed by atoms with Crippen LogP contribution in [-0.4, -0.2) is 33.0 Å². The van der Waals surface area contributed by atoms with Gasteiger partial charge in [-0.3, -0.25) is 0 Å². The third kappa shape index (κ3) is 2.52. The molecule has 0 amide bonds. The molecule has 0 aromatic heterocycles. The van der Waals surface area contributed by atoms with E-state index < -0.39 is 9.84 Å². The van der Waals surface area contributed by atoms with Crippen molar-refractivity contribution in [2.75, 3.05) is 29.5 Å². The average Bonchev–Trinajstić information content (AvgIpc) is 2.23. The topological polar surface area (TPSA) is 37.4 Å². The van der Waals surface area contributed by atoms with E-state index in [9.17, 15) is 8.42 Å². The van der Waals surface area contributed by atoms with E-state index in [0.717, 1.165) is 10.2 Å². The number of hydrogen-bond acceptors (Lipinski definition) is 3. The highest BCUT2D eigenvalue weighted by Gasteiger charge is 2.23. The second kappa shape index (κ2) is 4.55. The van der Waals surface area contributed by atoms with Gasteiger partial charge in [0.15, 0.2) is 9.84 Å². The van der Waals surface area contributed by atoms with Crippen molar-refractivity contribution >= 4 is 43.1 Å². The van der Waals surface area contributed by atoms with Gasteiger partial charge >= 0.3 is 0 Å². The largest absolute Gasteiger partial charge is 0.369 e. The Hall–Kier alpha value is -0.260. The Kier molecular flexibility index (Phi) is 3.47. The molecule has 1 aromatic rings. The third-order valence-electron chi connectivity index (χ3n) is 2.62. The van der Waals surface area contributed by atoms with Crippen LogP contribution in [0, 0.1) is 0 Å². The Morgan fingerprint density at radius 1 is 1.25 bits per heavy atom. The minimum atomic E-state index is -2.84.